The third-order valence-electron chi connectivity index (χ3n) is 3.26. The van der Waals surface area contributed by atoms with E-state index in [0.29, 0.717) is 5.75 Å². The number of rotatable bonds is 4. The van der Waals surface area contributed by atoms with Crippen LogP contribution in [0, 0.1) is 0 Å². The van der Waals surface area contributed by atoms with Crippen molar-refractivity contribution in [3.05, 3.63) is 28.7 Å². The summed E-state index contributed by atoms with van der Waals surface area (Å²) in [6.45, 7) is -0.0230. The van der Waals surface area contributed by atoms with Crippen LogP contribution in [0.5, 0.6) is 5.75 Å². The fraction of sp³-hybridized carbons (Fsp3) is 0.500. The Morgan fingerprint density at radius 3 is 2.68 bits per heavy atom. The zero-order chi connectivity index (χ0) is 13.7. The van der Waals surface area contributed by atoms with Crippen molar-refractivity contribution in [1.82, 2.24) is 5.32 Å². The lowest BCUT2D eigenvalue weighted by Gasteiger charge is -2.28. The van der Waals surface area contributed by atoms with Crippen molar-refractivity contribution in [2.45, 2.75) is 37.8 Å². The van der Waals surface area contributed by atoms with Gasteiger partial charge in [-0.05, 0) is 37.1 Å². The standard InChI is InChI=1S/C14H18BrNO3/c15-10-5-7-11(8-6-10)19-9-14(18)16-12-3-1-2-4-13(12)17/h5-8,12-13,17H,1-4,9H2,(H,16,18)/t12-,13-/m0/s1. The van der Waals surface area contributed by atoms with Gasteiger partial charge in [0.2, 0.25) is 0 Å². The van der Waals surface area contributed by atoms with Gasteiger partial charge >= 0.3 is 0 Å². The average Bonchev–Trinajstić information content (AvgIpc) is 2.41. The lowest BCUT2D eigenvalue weighted by Crippen LogP contribution is -2.46. The van der Waals surface area contributed by atoms with Crippen molar-refractivity contribution >= 4 is 21.8 Å². The Morgan fingerprint density at radius 2 is 2.00 bits per heavy atom. The fourth-order valence-electron chi connectivity index (χ4n) is 2.21. The summed E-state index contributed by atoms with van der Waals surface area (Å²) in [6, 6.07) is 7.19. The number of carbonyl (C=O) groups excluding carboxylic acids is 1. The first-order valence-corrected chi connectivity index (χ1v) is 7.30. The quantitative estimate of drug-likeness (QED) is 0.891. The van der Waals surface area contributed by atoms with Crippen molar-refractivity contribution in [3.8, 4) is 5.75 Å². The van der Waals surface area contributed by atoms with Crippen molar-refractivity contribution in [1.29, 1.82) is 0 Å². The number of aliphatic hydroxyl groups is 1. The van der Waals surface area contributed by atoms with Crippen molar-refractivity contribution < 1.29 is 14.6 Å². The minimum absolute atomic E-state index is 0.0230. The molecule has 0 heterocycles. The number of halogens is 1. The molecule has 4 nitrogen and oxygen atoms in total. The van der Waals surface area contributed by atoms with Crippen LogP contribution in [0.3, 0.4) is 0 Å². The van der Waals surface area contributed by atoms with Crippen LogP contribution >= 0.6 is 15.9 Å². The molecule has 2 N–H and O–H groups in total. The summed E-state index contributed by atoms with van der Waals surface area (Å²) < 4.78 is 6.35. The van der Waals surface area contributed by atoms with E-state index in [4.69, 9.17) is 4.74 Å². The van der Waals surface area contributed by atoms with Gasteiger partial charge in [-0.1, -0.05) is 28.8 Å². The third-order valence-corrected chi connectivity index (χ3v) is 3.79. The Labute approximate surface area is 121 Å². The second kappa shape index (κ2) is 6.91. The van der Waals surface area contributed by atoms with Gasteiger partial charge in [-0.3, -0.25) is 4.79 Å². The first-order valence-electron chi connectivity index (χ1n) is 6.51. The lowest BCUT2D eigenvalue weighted by molar-refractivity contribution is -0.125. The SMILES string of the molecule is O=C(COc1ccc(Br)cc1)N[C@H]1CCCC[C@@H]1O. The molecule has 0 bridgehead atoms. The Balaban J connectivity index is 1.76. The Bertz CT molecular complexity index is 421. The number of ether oxygens (including phenoxy) is 1. The highest BCUT2D eigenvalue weighted by Gasteiger charge is 2.24. The van der Waals surface area contributed by atoms with E-state index in [0.717, 1.165) is 30.2 Å². The van der Waals surface area contributed by atoms with E-state index in [1.807, 2.05) is 12.1 Å². The van der Waals surface area contributed by atoms with Gasteiger partial charge in [-0.25, -0.2) is 0 Å². The molecule has 1 aromatic carbocycles. The predicted octanol–water partition coefficient (Wildman–Crippen LogP) is 2.25. The van der Waals surface area contributed by atoms with E-state index in [1.165, 1.54) is 0 Å². The number of aliphatic hydroxyl groups excluding tert-OH is 1. The molecule has 0 radical (unpaired) electrons. The van der Waals surface area contributed by atoms with Crippen LogP contribution in [0.4, 0.5) is 0 Å². The minimum atomic E-state index is -0.426. The van der Waals surface area contributed by atoms with Crippen LogP contribution in [0.25, 0.3) is 0 Å². The van der Waals surface area contributed by atoms with Gasteiger partial charge in [0, 0.05) is 4.47 Å². The Hall–Kier alpha value is -1.07. The average molecular weight is 328 g/mol. The molecular weight excluding hydrogens is 310 g/mol. The van der Waals surface area contributed by atoms with Crippen LogP contribution in [0.15, 0.2) is 28.7 Å². The monoisotopic (exact) mass is 327 g/mol. The van der Waals surface area contributed by atoms with Gasteiger partial charge in [0.1, 0.15) is 5.75 Å². The summed E-state index contributed by atoms with van der Waals surface area (Å²) in [7, 11) is 0. The van der Waals surface area contributed by atoms with Crippen molar-refractivity contribution in [2.75, 3.05) is 6.61 Å². The maximum absolute atomic E-state index is 11.7. The number of amides is 1. The number of hydrogen-bond donors (Lipinski definition) is 2. The molecule has 1 aliphatic carbocycles. The third kappa shape index (κ3) is 4.51. The van der Waals surface area contributed by atoms with Crippen molar-refractivity contribution in [3.63, 3.8) is 0 Å². The van der Waals surface area contributed by atoms with Crippen LogP contribution in [-0.4, -0.2) is 29.8 Å². The normalized spacial score (nSPS) is 22.8. The highest BCUT2D eigenvalue weighted by atomic mass is 79.9. The van der Waals surface area contributed by atoms with E-state index in [-0.39, 0.29) is 18.6 Å². The summed E-state index contributed by atoms with van der Waals surface area (Å²) in [4.78, 5) is 11.7. The summed E-state index contributed by atoms with van der Waals surface area (Å²) in [5, 5.41) is 12.6. The molecule has 5 heteroatoms. The van der Waals surface area contributed by atoms with Gasteiger partial charge in [-0.2, -0.15) is 0 Å². The van der Waals surface area contributed by atoms with Crippen molar-refractivity contribution in [2.24, 2.45) is 0 Å². The lowest BCUT2D eigenvalue weighted by atomic mass is 9.92. The summed E-state index contributed by atoms with van der Waals surface area (Å²) in [5.41, 5.74) is 0. The molecule has 0 spiro atoms. The molecule has 1 fully saturated rings. The number of hydrogen-bond acceptors (Lipinski definition) is 3. The van der Waals surface area contributed by atoms with Gasteiger partial charge < -0.3 is 15.2 Å². The van der Waals surface area contributed by atoms with E-state index in [9.17, 15) is 9.90 Å². The first kappa shape index (κ1) is 14.3. The van der Waals surface area contributed by atoms with E-state index in [2.05, 4.69) is 21.2 Å². The van der Waals surface area contributed by atoms with Gasteiger partial charge in [0.25, 0.3) is 5.91 Å². The summed E-state index contributed by atoms with van der Waals surface area (Å²) in [5.74, 6) is 0.469. The molecule has 1 amide bonds. The smallest absolute Gasteiger partial charge is 0.258 e. The summed E-state index contributed by atoms with van der Waals surface area (Å²) in [6.07, 6.45) is 3.26. The molecule has 0 saturated heterocycles. The Morgan fingerprint density at radius 1 is 1.32 bits per heavy atom. The highest BCUT2D eigenvalue weighted by molar-refractivity contribution is 9.10. The molecule has 2 atom stereocenters. The molecule has 0 aromatic heterocycles. The topological polar surface area (TPSA) is 58.6 Å². The molecule has 1 aromatic rings. The van der Waals surface area contributed by atoms with E-state index >= 15 is 0 Å². The fourth-order valence-corrected chi connectivity index (χ4v) is 2.47. The number of nitrogens with one attached hydrogen (secondary N) is 1. The second-order valence-corrected chi connectivity index (χ2v) is 5.68. The molecule has 1 saturated carbocycles. The Kier molecular flexibility index (Phi) is 5.22. The largest absolute Gasteiger partial charge is 0.484 e. The molecular formula is C14H18BrNO3. The van der Waals surface area contributed by atoms with Crippen LogP contribution in [0.1, 0.15) is 25.7 Å². The molecule has 2 rings (SSSR count). The zero-order valence-corrected chi connectivity index (χ0v) is 12.2. The van der Waals surface area contributed by atoms with Gasteiger partial charge in [-0.15, -0.1) is 0 Å². The minimum Gasteiger partial charge on any atom is -0.484 e. The molecule has 0 aliphatic heterocycles. The van der Waals surface area contributed by atoms with Crippen LogP contribution in [0.2, 0.25) is 0 Å². The maximum Gasteiger partial charge on any atom is 0.258 e. The highest BCUT2D eigenvalue weighted by Crippen LogP contribution is 2.18. The number of benzene rings is 1. The zero-order valence-electron chi connectivity index (χ0n) is 10.6. The van der Waals surface area contributed by atoms with Gasteiger partial charge in [0.05, 0.1) is 12.1 Å². The van der Waals surface area contributed by atoms with Crippen LogP contribution < -0.4 is 10.1 Å². The number of carbonyl (C=O) groups is 1. The molecule has 104 valence electrons. The van der Waals surface area contributed by atoms with E-state index < -0.39 is 6.10 Å². The first-order chi connectivity index (χ1) is 9.15. The molecule has 0 unspecified atom stereocenters. The molecule has 1 aliphatic rings. The molecule has 19 heavy (non-hydrogen) atoms. The predicted molar refractivity (Wildman–Crippen MR) is 76.0 cm³/mol. The summed E-state index contributed by atoms with van der Waals surface area (Å²) >= 11 is 3.34. The van der Waals surface area contributed by atoms with Crippen LogP contribution in [-0.2, 0) is 4.79 Å². The second-order valence-electron chi connectivity index (χ2n) is 4.77. The maximum atomic E-state index is 11.7. The van der Waals surface area contributed by atoms with E-state index in [1.54, 1.807) is 12.1 Å². The van der Waals surface area contributed by atoms with Gasteiger partial charge in [0.15, 0.2) is 6.61 Å².